The third kappa shape index (κ3) is 3.58. The second-order valence-corrected chi connectivity index (χ2v) is 3.79. The Morgan fingerprint density at radius 1 is 1.27 bits per heavy atom. The lowest BCUT2D eigenvalue weighted by Crippen LogP contribution is -2.25. The molecule has 0 saturated heterocycles. The summed E-state index contributed by atoms with van der Waals surface area (Å²) < 4.78 is 0. The van der Waals surface area contributed by atoms with Gasteiger partial charge in [0.25, 0.3) is 0 Å². The molecule has 0 atom stereocenters. The van der Waals surface area contributed by atoms with E-state index < -0.39 is 0 Å². The molecule has 0 aliphatic rings. The first kappa shape index (κ1) is 12.1. The Morgan fingerprint density at radius 2 is 1.87 bits per heavy atom. The van der Waals surface area contributed by atoms with Crippen molar-refractivity contribution in [2.75, 3.05) is 0 Å². The first-order chi connectivity index (χ1) is 7.00. The van der Waals surface area contributed by atoms with E-state index in [2.05, 4.69) is 10.5 Å². The van der Waals surface area contributed by atoms with Crippen molar-refractivity contribution in [3.63, 3.8) is 0 Å². The molecule has 0 unspecified atom stereocenters. The SMILES string of the molecule is N=C(N)N/N=C/c1cc(Cl)c(Cl)cc1Cl. The van der Waals surface area contributed by atoms with E-state index in [1.807, 2.05) is 0 Å². The second-order valence-electron chi connectivity index (χ2n) is 2.57. The number of benzene rings is 1. The molecular formula is C8H7Cl3N4. The van der Waals surface area contributed by atoms with Crippen LogP contribution >= 0.6 is 34.8 Å². The van der Waals surface area contributed by atoms with E-state index in [0.29, 0.717) is 20.6 Å². The summed E-state index contributed by atoms with van der Waals surface area (Å²) in [7, 11) is 0. The molecule has 0 saturated carbocycles. The largest absolute Gasteiger partial charge is 0.369 e. The van der Waals surface area contributed by atoms with Gasteiger partial charge < -0.3 is 5.73 Å². The molecule has 7 heteroatoms. The molecule has 0 bridgehead atoms. The molecule has 0 heterocycles. The zero-order chi connectivity index (χ0) is 11.4. The molecule has 1 aromatic rings. The van der Waals surface area contributed by atoms with Crippen molar-refractivity contribution in [1.29, 1.82) is 5.41 Å². The maximum Gasteiger partial charge on any atom is 0.206 e. The molecule has 0 radical (unpaired) electrons. The average molecular weight is 266 g/mol. The summed E-state index contributed by atoms with van der Waals surface area (Å²) >= 11 is 17.4. The molecule has 15 heavy (non-hydrogen) atoms. The summed E-state index contributed by atoms with van der Waals surface area (Å²) in [6, 6.07) is 3.08. The lowest BCUT2D eigenvalue weighted by atomic mass is 10.2. The van der Waals surface area contributed by atoms with Crippen molar-refractivity contribution in [3.05, 3.63) is 32.8 Å². The number of hydrazone groups is 1. The number of nitrogens with zero attached hydrogens (tertiary/aromatic N) is 1. The quantitative estimate of drug-likeness (QED) is 0.332. The Morgan fingerprint density at radius 3 is 2.47 bits per heavy atom. The molecule has 0 aliphatic carbocycles. The van der Waals surface area contributed by atoms with Crippen LogP contribution in [0.25, 0.3) is 0 Å². The molecule has 0 spiro atoms. The number of nitrogens with one attached hydrogen (secondary N) is 2. The minimum atomic E-state index is -0.262. The number of guanidine groups is 1. The number of hydrogen-bond acceptors (Lipinski definition) is 2. The van der Waals surface area contributed by atoms with Gasteiger partial charge >= 0.3 is 0 Å². The number of nitrogens with two attached hydrogens (primary N) is 1. The summed E-state index contributed by atoms with van der Waals surface area (Å²) in [4.78, 5) is 0. The van der Waals surface area contributed by atoms with E-state index in [-0.39, 0.29) is 5.96 Å². The highest BCUT2D eigenvalue weighted by Gasteiger charge is 2.03. The number of hydrogen-bond donors (Lipinski definition) is 3. The van der Waals surface area contributed by atoms with Crippen LogP contribution in [0.5, 0.6) is 0 Å². The zero-order valence-corrected chi connectivity index (χ0v) is 9.66. The van der Waals surface area contributed by atoms with Crippen LogP contribution in [-0.2, 0) is 0 Å². The monoisotopic (exact) mass is 264 g/mol. The second kappa shape index (κ2) is 5.21. The van der Waals surface area contributed by atoms with Crippen LogP contribution in [0.15, 0.2) is 17.2 Å². The van der Waals surface area contributed by atoms with Gasteiger partial charge in [0.15, 0.2) is 0 Å². The number of halogens is 3. The number of rotatable bonds is 2. The van der Waals surface area contributed by atoms with Crippen molar-refractivity contribution in [2.24, 2.45) is 10.8 Å². The Bertz CT molecular complexity index is 417. The third-order valence-corrected chi connectivity index (χ3v) is 2.48. The molecule has 4 nitrogen and oxygen atoms in total. The molecule has 0 aliphatic heterocycles. The molecule has 1 rings (SSSR count). The molecule has 1 aromatic carbocycles. The van der Waals surface area contributed by atoms with Gasteiger partial charge in [-0.3, -0.25) is 5.41 Å². The lowest BCUT2D eigenvalue weighted by Gasteiger charge is -2.01. The first-order valence-corrected chi connectivity index (χ1v) is 4.91. The van der Waals surface area contributed by atoms with Crippen LogP contribution < -0.4 is 11.2 Å². The molecule has 4 N–H and O–H groups in total. The standard InChI is InChI=1S/C8H7Cl3N4/c9-5-2-7(11)6(10)1-4(5)3-14-15-8(12)13/h1-3H,(H4,12,13,15)/b14-3+. The fraction of sp³-hybridized carbons (Fsp3) is 0. The van der Waals surface area contributed by atoms with Gasteiger partial charge in [-0.05, 0) is 12.1 Å². The van der Waals surface area contributed by atoms with Crippen molar-refractivity contribution in [1.82, 2.24) is 5.43 Å². The molecule has 0 aromatic heterocycles. The van der Waals surface area contributed by atoms with Crippen LogP contribution in [0.4, 0.5) is 0 Å². The van der Waals surface area contributed by atoms with Gasteiger partial charge in [0.05, 0.1) is 21.3 Å². The van der Waals surface area contributed by atoms with E-state index in [0.717, 1.165) is 0 Å². The van der Waals surface area contributed by atoms with Crippen LogP contribution in [0, 0.1) is 5.41 Å². The van der Waals surface area contributed by atoms with E-state index in [1.165, 1.54) is 12.3 Å². The van der Waals surface area contributed by atoms with E-state index in [4.69, 9.17) is 45.9 Å². The highest BCUT2D eigenvalue weighted by atomic mass is 35.5. The topological polar surface area (TPSA) is 74.3 Å². The highest BCUT2D eigenvalue weighted by molar-refractivity contribution is 6.43. The van der Waals surface area contributed by atoms with Gasteiger partial charge in [-0.15, -0.1) is 0 Å². The molecule has 0 fully saturated rings. The van der Waals surface area contributed by atoms with Gasteiger partial charge in [-0.2, -0.15) is 5.10 Å². The minimum absolute atomic E-state index is 0.262. The Hall–Kier alpha value is -0.970. The summed E-state index contributed by atoms with van der Waals surface area (Å²) in [6.45, 7) is 0. The normalized spacial score (nSPS) is 10.6. The van der Waals surface area contributed by atoms with Gasteiger partial charge in [-0.25, -0.2) is 5.43 Å². The third-order valence-electron chi connectivity index (χ3n) is 1.43. The fourth-order valence-electron chi connectivity index (χ4n) is 0.808. The summed E-state index contributed by atoms with van der Waals surface area (Å²) in [5.41, 5.74) is 7.86. The Balaban J connectivity index is 2.90. The predicted octanol–water partition coefficient (Wildman–Crippen LogP) is 2.46. The maximum absolute atomic E-state index is 6.86. The van der Waals surface area contributed by atoms with Gasteiger partial charge in [0.2, 0.25) is 5.96 Å². The van der Waals surface area contributed by atoms with Crippen LogP contribution in [0.3, 0.4) is 0 Å². The van der Waals surface area contributed by atoms with Gasteiger partial charge in [-0.1, -0.05) is 34.8 Å². The summed E-state index contributed by atoms with van der Waals surface area (Å²) in [5.74, 6) is -0.262. The van der Waals surface area contributed by atoms with Crippen molar-refractivity contribution < 1.29 is 0 Å². The lowest BCUT2D eigenvalue weighted by molar-refractivity contribution is 1.00. The van der Waals surface area contributed by atoms with Crippen LogP contribution in [0.1, 0.15) is 5.56 Å². The fourth-order valence-corrected chi connectivity index (χ4v) is 1.41. The van der Waals surface area contributed by atoms with Crippen molar-refractivity contribution in [3.8, 4) is 0 Å². The zero-order valence-electron chi connectivity index (χ0n) is 7.39. The Kier molecular flexibility index (Phi) is 4.20. The van der Waals surface area contributed by atoms with Crippen LogP contribution in [0.2, 0.25) is 15.1 Å². The van der Waals surface area contributed by atoms with E-state index in [1.54, 1.807) is 6.07 Å². The van der Waals surface area contributed by atoms with Crippen LogP contribution in [-0.4, -0.2) is 12.2 Å². The van der Waals surface area contributed by atoms with E-state index >= 15 is 0 Å². The molecule has 0 amide bonds. The van der Waals surface area contributed by atoms with Gasteiger partial charge in [0.1, 0.15) is 0 Å². The highest BCUT2D eigenvalue weighted by Crippen LogP contribution is 2.27. The van der Waals surface area contributed by atoms with E-state index in [9.17, 15) is 0 Å². The maximum atomic E-state index is 6.86. The first-order valence-electron chi connectivity index (χ1n) is 3.78. The molecular weight excluding hydrogens is 258 g/mol. The summed E-state index contributed by atoms with van der Waals surface area (Å²) in [5, 5.41) is 11.7. The molecule has 80 valence electrons. The minimum Gasteiger partial charge on any atom is -0.369 e. The predicted molar refractivity (Wildman–Crippen MR) is 64.1 cm³/mol. The summed E-state index contributed by atoms with van der Waals surface area (Å²) in [6.07, 6.45) is 1.39. The Labute approximate surface area is 102 Å². The van der Waals surface area contributed by atoms with Crippen molar-refractivity contribution >= 4 is 47.0 Å². The average Bonchev–Trinajstić information content (AvgIpc) is 2.13. The van der Waals surface area contributed by atoms with Gasteiger partial charge in [0, 0.05) is 5.56 Å². The van der Waals surface area contributed by atoms with Crippen molar-refractivity contribution in [2.45, 2.75) is 0 Å². The smallest absolute Gasteiger partial charge is 0.206 e.